The number of hydrogen-bond donors (Lipinski definition) is 1. The lowest BCUT2D eigenvalue weighted by Crippen LogP contribution is -2.16. The van der Waals surface area contributed by atoms with Gasteiger partial charge in [0.1, 0.15) is 10.8 Å². The van der Waals surface area contributed by atoms with Crippen LogP contribution in [0, 0.1) is 13.8 Å². The number of benzene rings is 1. The zero-order valence-corrected chi connectivity index (χ0v) is 21.4. The second kappa shape index (κ2) is 11.0. The van der Waals surface area contributed by atoms with E-state index in [2.05, 4.69) is 15.5 Å². The van der Waals surface area contributed by atoms with Gasteiger partial charge in [0.2, 0.25) is 5.91 Å². The van der Waals surface area contributed by atoms with E-state index < -0.39 is 5.97 Å². The molecule has 3 rings (SSSR count). The summed E-state index contributed by atoms with van der Waals surface area (Å²) < 4.78 is 12.8. The Bertz CT molecular complexity index is 1160. The number of esters is 1. The monoisotopic (exact) mass is 508 g/mol. The largest absolute Gasteiger partial charge is 0.482 e. The predicted molar refractivity (Wildman–Crippen MR) is 131 cm³/mol. The van der Waals surface area contributed by atoms with Crippen molar-refractivity contribution in [2.24, 2.45) is 0 Å². The van der Waals surface area contributed by atoms with E-state index in [9.17, 15) is 9.59 Å². The SMILES string of the molecule is CCn1c(SCC(=O)Nc2sc(C)cc2C(=O)OC)nnc1C(C)Oc1ccc(Cl)cc1C. The second-order valence-electron chi connectivity index (χ2n) is 7.18. The molecule has 176 valence electrons. The molecule has 0 aliphatic carbocycles. The lowest BCUT2D eigenvalue weighted by Gasteiger charge is -2.17. The number of carbonyl (C=O) groups is 2. The van der Waals surface area contributed by atoms with E-state index in [0.29, 0.717) is 33.1 Å². The summed E-state index contributed by atoms with van der Waals surface area (Å²) in [6.07, 6.45) is -0.350. The lowest BCUT2D eigenvalue weighted by molar-refractivity contribution is -0.113. The number of methoxy groups -OCH3 is 1. The summed E-state index contributed by atoms with van der Waals surface area (Å²) in [6.45, 7) is 8.30. The molecule has 0 bridgehead atoms. The average Bonchev–Trinajstić information content (AvgIpc) is 3.36. The fourth-order valence-electron chi connectivity index (χ4n) is 3.15. The van der Waals surface area contributed by atoms with Gasteiger partial charge in [0.15, 0.2) is 17.1 Å². The summed E-state index contributed by atoms with van der Waals surface area (Å²) >= 11 is 8.62. The molecule has 11 heteroatoms. The van der Waals surface area contributed by atoms with Gasteiger partial charge in [0.25, 0.3) is 0 Å². The number of anilines is 1. The summed E-state index contributed by atoms with van der Waals surface area (Å²) in [6, 6.07) is 7.15. The standard InChI is InChI=1S/C22H25ClN4O4S2/c1-6-27-19(14(4)31-17-8-7-15(23)9-12(17)2)25-26-22(27)32-11-18(28)24-20-16(21(29)30-5)10-13(3)33-20/h7-10,14H,6,11H2,1-5H3,(H,24,28). The third kappa shape index (κ3) is 6.07. The van der Waals surface area contributed by atoms with Crippen LogP contribution in [0.2, 0.25) is 5.02 Å². The van der Waals surface area contributed by atoms with Gasteiger partial charge >= 0.3 is 5.97 Å². The van der Waals surface area contributed by atoms with Crippen LogP contribution in [0.3, 0.4) is 0 Å². The summed E-state index contributed by atoms with van der Waals surface area (Å²) in [7, 11) is 1.31. The summed E-state index contributed by atoms with van der Waals surface area (Å²) in [5.41, 5.74) is 1.28. The predicted octanol–water partition coefficient (Wildman–Crippen LogP) is 5.29. The van der Waals surface area contributed by atoms with Crippen molar-refractivity contribution >= 4 is 51.6 Å². The Kier molecular flexibility index (Phi) is 8.39. The number of halogens is 1. The first-order valence-electron chi connectivity index (χ1n) is 10.2. The van der Waals surface area contributed by atoms with Crippen molar-refractivity contribution < 1.29 is 19.1 Å². The van der Waals surface area contributed by atoms with Crippen molar-refractivity contribution in [3.8, 4) is 5.75 Å². The zero-order chi connectivity index (χ0) is 24.1. The van der Waals surface area contributed by atoms with Gasteiger partial charge in [-0.05, 0) is 57.5 Å². The molecule has 1 amide bonds. The topological polar surface area (TPSA) is 95.3 Å². The van der Waals surface area contributed by atoms with Crippen molar-refractivity contribution in [1.29, 1.82) is 0 Å². The number of hydrogen-bond acceptors (Lipinski definition) is 8. The van der Waals surface area contributed by atoms with Crippen LogP contribution in [-0.2, 0) is 16.1 Å². The molecule has 3 aromatic rings. The normalized spacial score (nSPS) is 11.8. The molecule has 0 saturated heterocycles. The molecule has 33 heavy (non-hydrogen) atoms. The Morgan fingerprint density at radius 2 is 2.03 bits per heavy atom. The van der Waals surface area contributed by atoms with Crippen molar-refractivity contribution in [1.82, 2.24) is 14.8 Å². The van der Waals surface area contributed by atoms with Gasteiger partial charge in [0, 0.05) is 16.4 Å². The molecule has 0 aliphatic heterocycles. The number of nitrogens with zero attached hydrogens (tertiary/aromatic N) is 3. The number of nitrogens with one attached hydrogen (secondary N) is 1. The summed E-state index contributed by atoms with van der Waals surface area (Å²) in [5, 5.41) is 13.1. The lowest BCUT2D eigenvalue weighted by atomic mass is 10.2. The van der Waals surface area contributed by atoms with Crippen molar-refractivity contribution in [2.75, 3.05) is 18.2 Å². The molecule has 0 aliphatic rings. The van der Waals surface area contributed by atoms with E-state index in [1.165, 1.54) is 30.2 Å². The maximum atomic E-state index is 12.5. The van der Waals surface area contributed by atoms with E-state index in [4.69, 9.17) is 21.1 Å². The molecule has 2 heterocycles. The van der Waals surface area contributed by atoms with Crippen LogP contribution in [0.4, 0.5) is 5.00 Å². The molecular weight excluding hydrogens is 484 g/mol. The number of ether oxygens (including phenoxy) is 2. The van der Waals surface area contributed by atoms with Gasteiger partial charge in [0.05, 0.1) is 18.4 Å². The van der Waals surface area contributed by atoms with Gasteiger partial charge in [-0.25, -0.2) is 4.79 Å². The van der Waals surface area contributed by atoms with E-state index in [0.717, 1.165) is 16.2 Å². The Labute approximate surface area is 205 Å². The van der Waals surface area contributed by atoms with Crippen LogP contribution < -0.4 is 10.1 Å². The third-order valence-corrected chi connectivity index (χ3v) is 6.88. The van der Waals surface area contributed by atoms with Gasteiger partial charge in [-0.3, -0.25) is 4.79 Å². The second-order valence-corrected chi connectivity index (χ2v) is 9.82. The molecule has 0 radical (unpaired) electrons. The van der Waals surface area contributed by atoms with Crippen LogP contribution in [-0.4, -0.2) is 39.5 Å². The van der Waals surface area contributed by atoms with Crippen LogP contribution in [0.1, 0.15) is 46.6 Å². The first-order chi connectivity index (χ1) is 15.7. The van der Waals surface area contributed by atoms with Crippen molar-refractivity contribution in [3.05, 3.63) is 51.1 Å². The smallest absolute Gasteiger partial charge is 0.340 e. The fourth-order valence-corrected chi connectivity index (χ4v) is 5.11. The third-order valence-electron chi connectivity index (χ3n) is 4.71. The van der Waals surface area contributed by atoms with E-state index >= 15 is 0 Å². The Morgan fingerprint density at radius 3 is 2.70 bits per heavy atom. The van der Waals surface area contributed by atoms with Crippen LogP contribution >= 0.6 is 34.7 Å². The Morgan fingerprint density at radius 1 is 1.27 bits per heavy atom. The average molecular weight is 509 g/mol. The highest BCUT2D eigenvalue weighted by molar-refractivity contribution is 7.99. The number of rotatable bonds is 9. The number of thiophene rings is 1. The van der Waals surface area contributed by atoms with Crippen molar-refractivity contribution in [2.45, 2.75) is 45.5 Å². The van der Waals surface area contributed by atoms with Crippen LogP contribution in [0.25, 0.3) is 0 Å². The molecule has 1 atom stereocenters. The zero-order valence-electron chi connectivity index (χ0n) is 19.0. The molecule has 1 aromatic carbocycles. The number of thioether (sulfide) groups is 1. The molecule has 1 N–H and O–H groups in total. The minimum atomic E-state index is -0.484. The highest BCUT2D eigenvalue weighted by Gasteiger charge is 2.21. The maximum Gasteiger partial charge on any atom is 0.340 e. The van der Waals surface area contributed by atoms with Gasteiger partial charge < -0.3 is 19.4 Å². The first kappa shape index (κ1) is 25.1. The highest BCUT2D eigenvalue weighted by atomic mass is 35.5. The molecule has 2 aromatic heterocycles. The van der Waals surface area contributed by atoms with Gasteiger partial charge in [-0.15, -0.1) is 21.5 Å². The van der Waals surface area contributed by atoms with Crippen molar-refractivity contribution in [3.63, 3.8) is 0 Å². The Balaban J connectivity index is 1.66. The number of carbonyl (C=O) groups excluding carboxylic acids is 2. The molecular formula is C22H25ClN4O4S2. The number of amides is 1. The van der Waals surface area contributed by atoms with Crippen LogP contribution in [0.5, 0.6) is 5.75 Å². The molecule has 0 fully saturated rings. The minimum absolute atomic E-state index is 0.112. The maximum absolute atomic E-state index is 12.5. The Hall–Kier alpha value is -2.56. The van der Waals surface area contributed by atoms with Gasteiger partial charge in [-0.2, -0.15) is 0 Å². The minimum Gasteiger partial charge on any atom is -0.482 e. The number of aromatic nitrogens is 3. The van der Waals surface area contributed by atoms with Crippen LogP contribution in [0.15, 0.2) is 29.4 Å². The van der Waals surface area contributed by atoms with E-state index in [1.54, 1.807) is 12.1 Å². The summed E-state index contributed by atoms with van der Waals surface area (Å²) in [4.78, 5) is 25.4. The fraction of sp³-hybridized carbons (Fsp3) is 0.364. The summed E-state index contributed by atoms with van der Waals surface area (Å²) in [5.74, 6) is 0.764. The highest BCUT2D eigenvalue weighted by Crippen LogP contribution is 2.30. The number of aryl methyl sites for hydroxylation is 2. The quantitative estimate of drug-likeness (QED) is 0.310. The molecule has 1 unspecified atom stereocenters. The molecule has 0 saturated carbocycles. The van der Waals surface area contributed by atoms with E-state index in [-0.39, 0.29) is 17.8 Å². The molecule has 8 nitrogen and oxygen atoms in total. The van der Waals surface area contributed by atoms with E-state index in [1.807, 2.05) is 44.4 Å². The van der Waals surface area contributed by atoms with Gasteiger partial charge in [-0.1, -0.05) is 23.4 Å². The first-order valence-corrected chi connectivity index (χ1v) is 12.4. The molecule has 0 spiro atoms.